The van der Waals surface area contributed by atoms with E-state index in [1.165, 1.54) is 30.3 Å². The smallest absolute Gasteiger partial charge is 0.300 e. The number of hydrogen-bond donors (Lipinski definition) is 2. The summed E-state index contributed by atoms with van der Waals surface area (Å²) in [5.74, 6) is -4.72. The van der Waals surface area contributed by atoms with Gasteiger partial charge in [0.2, 0.25) is 0 Å². The van der Waals surface area contributed by atoms with Crippen LogP contribution in [-0.2, 0) is 9.59 Å². The van der Waals surface area contributed by atoms with Gasteiger partial charge in [0.15, 0.2) is 11.6 Å². The minimum Gasteiger partial charge on any atom is -0.507 e. The van der Waals surface area contributed by atoms with Crippen molar-refractivity contribution in [2.24, 2.45) is 0 Å². The van der Waals surface area contributed by atoms with E-state index in [0.29, 0.717) is 5.75 Å². The predicted molar refractivity (Wildman–Crippen MR) is 126 cm³/mol. The van der Waals surface area contributed by atoms with Gasteiger partial charge >= 0.3 is 0 Å². The maximum Gasteiger partial charge on any atom is 0.300 e. The Hall–Kier alpha value is -3.91. The van der Waals surface area contributed by atoms with E-state index in [9.17, 15) is 28.6 Å². The van der Waals surface area contributed by atoms with Crippen molar-refractivity contribution < 1.29 is 33.3 Å². The molecule has 6 nitrogen and oxygen atoms in total. The number of carbonyl (C=O) groups is 2. The van der Waals surface area contributed by atoms with E-state index in [1.807, 2.05) is 13.8 Å². The number of benzene rings is 3. The number of anilines is 1. The average Bonchev–Trinajstić information content (AvgIpc) is 3.07. The Labute approximate surface area is 204 Å². The third-order valence-electron chi connectivity index (χ3n) is 5.39. The summed E-state index contributed by atoms with van der Waals surface area (Å²) >= 11 is 6.08. The lowest BCUT2D eigenvalue weighted by molar-refractivity contribution is -0.132. The summed E-state index contributed by atoms with van der Waals surface area (Å²) in [6, 6.07) is 11.9. The van der Waals surface area contributed by atoms with E-state index < -0.39 is 35.1 Å². The van der Waals surface area contributed by atoms with Crippen molar-refractivity contribution in [1.29, 1.82) is 0 Å². The van der Waals surface area contributed by atoms with Crippen molar-refractivity contribution in [3.63, 3.8) is 0 Å². The first-order valence-electron chi connectivity index (χ1n) is 10.6. The van der Waals surface area contributed by atoms with E-state index in [2.05, 4.69) is 0 Å². The van der Waals surface area contributed by atoms with Gasteiger partial charge in [-0.25, -0.2) is 8.78 Å². The molecule has 0 aliphatic carbocycles. The molecule has 2 N–H and O–H groups in total. The van der Waals surface area contributed by atoms with Crippen LogP contribution in [0.3, 0.4) is 0 Å². The van der Waals surface area contributed by atoms with E-state index in [0.717, 1.165) is 23.1 Å². The van der Waals surface area contributed by atoms with E-state index >= 15 is 0 Å². The van der Waals surface area contributed by atoms with Crippen molar-refractivity contribution >= 4 is 34.7 Å². The van der Waals surface area contributed by atoms with Crippen LogP contribution in [0.4, 0.5) is 14.5 Å². The first kappa shape index (κ1) is 24.2. The van der Waals surface area contributed by atoms with E-state index in [1.54, 1.807) is 12.1 Å². The molecular formula is C26H20ClF2NO5. The summed E-state index contributed by atoms with van der Waals surface area (Å²) < 4.78 is 33.3. The maximum absolute atomic E-state index is 14.0. The summed E-state index contributed by atoms with van der Waals surface area (Å²) in [5, 5.41) is 21.0. The molecule has 1 unspecified atom stereocenters. The standard InChI is InChI=1S/C26H20ClF2NO5/c1-13(2)35-17-5-3-4-15(10-17)24(32)22-23(14-6-9-21(31)18(27)11-14)30(26(34)25(22)33)16-7-8-19(28)20(29)12-16/h3-13,23,31-32H,1-2H3/b24-22+. The second-order valence-corrected chi connectivity index (χ2v) is 8.58. The van der Waals surface area contributed by atoms with Crippen LogP contribution in [0.15, 0.2) is 66.2 Å². The van der Waals surface area contributed by atoms with Gasteiger partial charge in [-0.05, 0) is 55.8 Å². The molecule has 3 aromatic rings. The molecule has 0 saturated carbocycles. The van der Waals surface area contributed by atoms with Gasteiger partial charge in [-0.2, -0.15) is 0 Å². The number of rotatable bonds is 5. The minimum absolute atomic E-state index is 0.0642. The van der Waals surface area contributed by atoms with Crippen molar-refractivity contribution in [2.45, 2.75) is 26.0 Å². The highest BCUT2D eigenvalue weighted by Crippen LogP contribution is 2.44. The van der Waals surface area contributed by atoms with E-state index in [4.69, 9.17) is 16.3 Å². The lowest BCUT2D eigenvalue weighted by Crippen LogP contribution is -2.29. The minimum atomic E-state index is -1.24. The maximum atomic E-state index is 14.0. The van der Waals surface area contributed by atoms with Gasteiger partial charge in [0.25, 0.3) is 11.7 Å². The third-order valence-corrected chi connectivity index (χ3v) is 5.70. The Bertz CT molecular complexity index is 1370. The number of ether oxygens (including phenoxy) is 1. The number of hydrogen-bond acceptors (Lipinski definition) is 5. The van der Waals surface area contributed by atoms with Crippen molar-refractivity contribution in [2.75, 3.05) is 4.90 Å². The Morgan fingerprint density at radius 2 is 1.77 bits per heavy atom. The normalized spacial score (nSPS) is 17.3. The number of aliphatic hydroxyl groups is 1. The van der Waals surface area contributed by atoms with Crippen molar-refractivity contribution in [3.05, 3.63) is 94.0 Å². The molecule has 0 bridgehead atoms. The zero-order valence-electron chi connectivity index (χ0n) is 18.6. The molecule has 180 valence electrons. The van der Waals surface area contributed by atoms with Crippen LogP contribution < -0.4 is 9.64 Å². The fraction of sp³-hybridized carbons (Fsp3) is 0.154. The number of ketones is 1. The zero-order chi connectivity index (χ0) is 25.4. The highest BCUT2D eigenvalue weighted by molar-refractivity contribution is 6.51. The lowest BCUT2D eigenvalue weighted by Gasteiger charge is -2.25. The Kier molecular flexibility index (Phi) is 6.49. The SMILES string of the molecule is CC(C)Oc1cccc(/C(O)=C2\C(=O)C(=O)N(c3ccc(F)c(F)c3)C2c2ccc(O)c(Cl)c2)c1. The van der Waals surface area contributed by atoms with Gasteiger partial charge in [0, 0.05) is 17.3 Å². The average molecular weight is 500 g/mol. The number of carbonyl (C=O) groups excluding carboxylic acids is 2. The summed E-state index contributed by atoms with van der Waals surface area (Å²) in [6.45, 7) is 3.66. The number of Topliss-reactive ketones (excluding diaryl/α,β-unsaturated/α-hetero) is 1. The zero-order valence-corrected chi connectivity index (χ0v) is 19.4. The highest BCUT2D eigenvalue weighted by Gasteiger charge is 2.47. The van der Waals surface area contributed by atoms with Gasteiger partial charge in [0.1, 0.15) is 17.3 Å². The largest absolute Gasteiger partial charge is 0.507 e. The van der Waals surface area contributed by atoms with Crippen molar-refractivity contribution in [1.82, 2.24) is 0 Å². The lowest BCUT2D eigenvalue weighted by atomic mass is 9.95. The van der Waals surface area contributed by atoms with Gasteiger partial charge in [-0.15, -0.1) is 0 Å². The van der Waals surface area contributed by atoms with Gasteiger partial charge in [-0.3, -0.25) is 14.5 Å². The molecular weight excluding hydrogens is 480 g/mol. The molecule has 35 heavy (non-hydrogen) atoms. The molecule has 1 saturated heterocycles. The summed E-state index contributed by atoms with van der Waals surface area (Å²) in [7, 11) is 0. The molecule has 0 aromatic heterocycles. The summed E-state index contributed by atoms with van der Waals surface area (Å²) in [6.07, 6.45) is -0.148. The summed E-state index contributed by atoms with van der Waals surface area (Å²) in [5.41, 5.74) is 0.0773. The van der Waals surface area contributed by atoms with Crippen LogP contribution in [0.25, 0.3) is 5.76 Å². The molecule has 1 heterocycles. The van der Waals surface area contributed by atoms with Gasteiger partial charge in [-0.1, -0.05) is 29.8 Å². The fourth-order valence-electron chi connectivity index (χ4n) is 3.89. The molecule has 1 aliphatic heterocycles. The molecule has 0 spiro atoms. The van der Waals surface area contributed by atoms with Crippen LogP contribution in [0.5, 0.6) is 11.5 Å². The topological polar surface area (TPSA) is 87.1 Å². The van der Waals surface area contributed by atoms with Crippen LogP contribution >= 0.6 is 11.6 Å². The second kappa shape index (κ2) is 9.38. The molecule has 3 aromatic carbocycles. The molecule has 1 amide bonds. The number of aliphatic hydroxyl groups excluding tert-OH is 1. The molecule has 1 atom stereocenters. The quantitative estimate of drug-likeness (QED) is 0.266. The Balaban J connectivity index is 1.94. The number of amides is 1. The first-order chi connectivity index (χ1) is 16.6. The van der Waals surface area contributed by atoms with Crippen LogP contribution in [0.2, 0.25) is 5.02 Å². The number of aromatic hydroxyl groups is 1. The number of phenols is 1. The molecule has 9 heteroatoms. The molecule has 1 fully saturated rings. The molecule has 0 radical (unpaired) electrons. The van der Waals surface area contributed by atoms with Gasteiger partial charge < -0.3 is 14.9 Å². The third kappa shape index (κ3) is 4.57. The number of phenolic OH excluding ortho intramolecular Hbond substituents is 1. The molecule has 1 aliphatic rings. The number of halogens is 3. The second-order valence-electron chi connectivity index (χ2n) is 8.17. The predicted octanol–water partition coefficient (Wildman–Crippen LogP) is 5.74. The van der Waals surface area contributed by atoms with Crippen LogP contribution in [0, 0.1) is 11.6 Å². The van der Waals surface area contributed by atoms with Crippen LogP contribution in [-0.4, -0.2) is 28.0 Å². The van der Waals surface area contributed by atoms with Crippen LogP contribution in [0.1, 0.15) is 31.0 Å². The Morgan fingerprint density at radius 3 is 2.43 bits per heavy atom. The fourth-order valence-corrected chi connectivity index (χ4v) is 4.08. The van der Waals surface area contributed by atoms with Gasteiger partial charge in [0.05, 0.1) is 22.7 Å². The highest BCUT2D eigenvalue weighted by atomic mass is 35.5. The monoisotopic (exact) mass is 499 g/mol. The molecule has 4 rings (SSSR count). The van der Waals surface area contributed by atoms with Crippen molar-refractivity contribution in [3.8, 4) is 11.5 Å². The summed E-state index contributed by atoms with van der Waals surface area (Å²) in [4.78, 5) is 27.2. The first-order valence-corrected chi connectivity index (χ1v) is 11.0. The van der Waals surface area contributed by atoms with E-state index in [-0.39, 0.29) is 39.3 Å². The Morgan fingerprint density at radius 1 is 1.03 bits per heavy atom. The number of nitrogens with zero attached hydrogens (tertiary/aromatic N) is 1.